The van der Waals surface area contributed by atoms with Crippen molar-refractivity contribution in [1.82, 2.24) is 20.2 Å². The number of nitriles is 1. The van der Waals surface area contributed by atoms with Crippen molar-refractivity contribution in [2.24, 2.45) is 0 Å². The van der Waals surface area contributed by atoms with Crippen LogP contribution in [-0.2, 0) is 4.79 Å². The fraction of sp³-hybridized carbons (Fsp3) is 0.444. The second kappa shape index (κ2) is 8.60. The van der Waals surface area contributed by atoms with E-state index < -0.39 is 10.8 Å². The maximum Gasteiger partial charge on any atom is 0.234 e. The quantitative estimate of drug-likeness (QED) is 0.542. The van der Waals surface area contributed by atoms with Crippen LogP contribution >= 0.6 is 35.0 Å². The van der Waals surface area contributed by atoms with Crippen molar-refractivity contribution in [3.05, 3.63) is 28.2 Å². The Hall–Kier alpha value is -1.95. The fourth-order valence-corrected chi connectivity index (χ4v) is 4.44. The predicted molar refractivity (Wildman–Crippen MR) is 111 cm³/mol. The maximum atomic E-state index is 12.6. The molecule has 0 spiro atoms. The van der Waals surface area contributed by atoms with Crippen LogP contribution in [-0.4, -0.2) is 31.6 Å². The first-order valence-electron chi connectivity index (χ1n) is 8.91. The van der Waals surface area contributed by atoms with Gasteiger partial charge in [-0.15, -0.1) is 10.2 Å². The summed E-state index contributed by atoms with van der Waals surface area (Å²) in [6.45, 7) is 1.75. The van der Waals surface area contributed by atoms with E-state index in [1.54, 1.807) is 25.1 Å². The van der Waals surface area contributed by atoms with Gasteiger partial charge in [0.05, 0.1) is 16.3 Å². The van der Waals surface area contributed by atoms with Crippen LogP contribution in [0, 0.1) is 11.3 Å². The standard InChI is InChI=1S/C18H20Cl2N6OS/c1-11(16(27)23-18(10-21)7-3-2-4-8-18)28-17-25-24-15(26(17)22)13-6-5-12(19)9-14(13)20/h5-6,9,11H,2-4,7-8,22H2,1H3,(H,23,27). The zero-order valence-corrected chi connectivity index (χ0v) is 17.6. The summed E-state index contributed by atoms with van der Waals surface area (Å²) in [5.41, 5.74) is -0.182. The van der Waals surface area contributed by atoms with E-state index in [0.29, 0.717) is 39.4 Å². The van der Waals surface area contributed by atoms with Gasteiger partial charge in [-0.1, -0.05) is 54.2 Å². The second-order valence-electron chi connectivity index (χ2n) is 6.80. The second-order valence-corrected chi connectivity index (χ2v) is 8.96. The lowest BCUT2D eigenvalue weighted by atomic mass is 9.83. The molecule has 7 nitrogen and oxygen atoms in total. The van der Waals surface area contributed by atoms with E-state index in [1.165, 1.54) is 16.4 Å². The third kappa shape index (κ3) is 4.37. The first-order chi connectivity index (χ1) is 13.3. The lowest BCUT2D eigenvalue weighted by Crippen LogP contribution is -2.51. The average molecular weight is 439 g/mol. The molecule has 1 heterocycles. The Balaban J connectivity index is 1.72. The molecular formula is C18H20Cl2N6OS. The molecule has 2 aromatic rings. The molecule has 3 N–H and O–H groups in total. The molecule has 28 heavy (non-hydrogen) atoms. The van der Waals surface area contributed by atoms with Crippen molar-refractivity contribution in [2.75, 3.05) is 5.84 Å². The smallest absolute Gasteiger partial charge is 0.234 e. The van der Waals surface area contributed by atoms with Gasteiger partial charge >= 0.3 is 0 Å². The van der Waals surface area contributed by atoms with Crippen LogP contribution < -0.4 is 11.2 Å². The third-order valence-electron chi connectivity index (χ3n) is 4.77. The molecule has 0 saturated heterocycles. The van der Waals surface area contributed by atoms with Crippen LogP contribution in [0.15, 0.2) is 23.4 Å². The molecule has 1 aromatic heterocycles. The molecule has 3 rings (SSSR count). The number of rotatable bonds is 5. The monoisotopic (exact) mass is 438 g/mol. The van der Waals surface area contributed by atoms with E-state index in [1.807, 2.05) is 0 Å². The van der Waals surface area contributed by atoms with E-state index in [0.717, 1.165) is 19.3 Å². The first kappa shape index (κ1) is 20.8. The summed E-state index contributed by atoms with van der Waals surface area (Å²) in [7, 11) is 0. The number of carbonyl (C=O) groups excluding carboxylic acids is 1. The summed E-state index contributed by atoms with van der Waals surface area (Å²) in [5, 5.41) is 21.4. The summed E-state index contributed by atoms with van der Waals surface area (Å²) in [6, 6.07) is 7.29. The predicted octanol–water partition coefficient (Wildman–Crippen LogP) is 3.79. The van der Waals surface area contributed by atoms with E-state index in [9.17, 15) is 10.1 Å². The van der Waals surface area contributed by atoms with Gasteiger partial charge in [0.1, 0.15) is 5.54 Å². The van der Waals surface area contributed by atoms with Gasteiger partial charge < -0.3 is 11.2 Å². The van der Waals surface area contributed by atoms with Crippen LogP contribution in [0.25, 0.3) is 11.4 Å². The van der Waals surface area contributed by atoms with Crippen LogP contribution in [0.2, 0.25) is 10.0 Å². The summed E-state index contributed by atoms with van der Waals surface area (Å²) < 4.78 is 1.30. The van der Waals surface area contributed by atoms with Crippen LogP contribution in [0.5, 0.6) is 0 Å². The molecule has 1 saturated carbocycles. The number of amides is 1. The molecular weight excluding hydrogens is 419 g/mol. The van der Waals surface area contributed by atoms with Gasteiger partial charge in [-0.2, -0.15) is 5.26 Å². The van der Waals surface area contributed by atoms with Gasteiger partial charge in [0, 0.05) is 10.6 Å². The van der Waals surface area contributed by atoms with Crippen molar-refractivity contribution >= 4 is 40.9 Å². The molecule has 1 aromatic carbocycles. The van der Waals surface area contributed by atoms with Gasteiger partial charge in [-0.05, 0) is 38.0 Å². The Bertz CT molecular complexity index is 919. The highest BCUT2D eigenvalue weighted by Crippen LogP contribution is 2.32. The Morgan fingerprint density at radius 2 is 2.07 bits per heavy atom. The summed E-state index contributed by atoms with van der Waals surface area (Å²) in [4.78, 5) is 12.6. The zero-order valence-electron chi connectivity index (χ0n) is 15.3. The molecule has 148 valence electrons. The molecule has 0 radical (unpaired) electrons. The van der Waals surface area contributed by atoms with E-state index in [4.69, 9.17) is 29.0 Å². The SMILES string of the molecule is CC(Sc1nnc(-c2ccc(Cl)cc2Cl)n1N)C(=O)NC1(C#N)CCCCC1. The number of halogens is 2. The first-order valence-corrected chi connectivity index (χ1v) is 10.5. The van der Waals surface area contributed by atoms with Gasteiger partial charge in [-0.25, -0.2) is 4.68 Å². The van der Waals surface area contributed by atoms with Crippen LogP contribution in [0.4, 0.5) is 0 Å². The molecule has 1 unspecified atom stereocenters. The lowest BCUT2D eigenvalue weighted by Gasteiger charge is -2.32. The number of nitrogens with one attached hydrogen (secondary N) is 1. The number of nitrogens with zero attached hydrogens (tertiary/aromatic N) is 4. The summed E-state index contributed by atoms with van der Waals surface area (Å²) in [6.07, 6.45) is 4.34. The fourth-order valence-electron chi connectivity index (χ4n) is 3.18. The molecule has 0 bridgehead atoms. The number of aromatic nitrogens is 3. The number of hydrogen-bond acceptors (Lipinski definition) is 6. The Labute approximate surface area is 177 Å². The Kier molecular flexibility index (Phi) is 6.38. The third-order valence-corrected chi connectivity index (χ3v) is 6.38. The maximum absolute atomic E-state index is 12.6. The Morgan fingerprint density at radius 1 is 1.36 bits per heavy atom. The highest BCUT2D eigenvalue weighted by Gasteiger charge is 2.35. The van der Waals surface area contributed by atoms with Crippen molar-refractivity contribution in [3.8, 4) is 17.5 Å². The minimum Gasteiger partial charge on any atom is -0.337 e. The molecule has 1 aliphatic rings. The van der Waals surface area contributed by atoms with Crippen molar-refractivity contribution in [3.63, 3.8) is 0 Å². The van der Waals surface area contributed by atoms with Crippen molar-refractivity contribution in [2.45, 2.75) is 55.0 Å². The number of nitrogen functional groups attached to an aromatic ring is 1. The van der Waals surface area contributed by atoms with Crippen LogP contribution in [0.1, 0.15) is 39.0 Å². The van der Waals surface area contributed by atoms with E-state index >= 15 is 0 Å². The average Bonchev–Trinajstić information content (AvgIpc) is 3.03. The van der Waals surface area contributed by atoms with Crippen LogP contribution in [0.3, 0.4) is 0 Å². The largest absolute Gasteiger partial charge is 0.337 e. The zero-order chi connectivity index (χ0) is 20.3. The van der Waals surface area contributed by atoms with Crippen molar-refractivity contribution in [1.29, 1.82) is 5.26 Å². The molecule has 10 heteroatoms. The minimum atomic E-state index is -0.775. The highest BCUT2D eigenvalue weighted by atomic mass is 35.5. The molecule has 1 aliphatic carbocycles. The van der Waals surface area contributed by atoms with Gasteiger partial charge in [-0.3, -0.25) is 4.79 Å². The normalized spacial score (nSPS) is 16.9. The number of nitrogens with two attached hydrogens (primary N) is 1. The number of thioether (sulfide) groups is 1. The van der Waals surface area contributed by atoms with Gasteiger partial charge in [0.2, 0.25) is 11.1 Å². The molecule has 1 atom stereocenters. The number of carbonyl (C=O) groups is 1. The highest BCUT2D eigenvalue weighted by molar-refractivity contribution is 8.00. The molecule has 0 aliphatic heterocycles. The molecule has 1 fully saturated rings. The van der Waals surface area contributed by atoms with E-state index in [-0.39, 0.29) is 5.91 Å². The summed E-state index contributed by atoms with van der Waals surface area (Å²) >= 11 is 13.3. The van der Waals surface area contributed by atoms with Gasteiger partial charge in [0.15, 0.2) is 5.82 Å². The minimum absolute atomic E-state index is 0.220. The lowest BCUT2D eigenvalue weighted by molar-refractivity contribution is -0.121. The molecule has 1 amide bonds. The Morgan fingerprint density at radius 3 is 2.71 bits per heavy atom. The van der Waals surface area contributed by atoms with E-state index in [2.05, 4.69) is 21.6 Å². The number of benzene rings is 1. The van der Waals surface area contributed by atoms with Gasteiger partial charge in [0.25, 0.3) is 0 Å². The number of hydrogen-bond donors (Lipinski definition) is 2. The summed E-state index contributed by atoms with van der Waals surface area (Å²) in [5.74, 6) is 6.28. The topological polar surface area (TPSA) is 110 Å². The van der Waals surface area contributed by atoms with Crippen molar-refractivity contribution < 1.29 is 4.79 Å².